The largest absolute Gasteiger partial charge is 0.507 e. The molecule has 23 heavy (non-hydrogen) atoms. The molecule has 0 aliphatic carbocycles. The minimum Gasteiger partial charge on any atom is -0.507 e. The summed E-state index contributed by atoms with van der Waals surface area (Å²) in [5.74, 6) is -0.951. The first-order valence-corrected chi connectivity index (χ1v) is 7.09. The Morgan fingerprint density at radius 2 is 1.70 bits per heavy atom. The molecule has 1 fully saturated rings. The van der Waals surface area contributed by atoms with Gasteiger partial charge in [-0.25, -0.2) is 0 Å². The van der Waals surface area contributed by atoms with Gasteiger partial charge in [0.05, 0.1) is 18.7 Å². The van der Waals surface area contributed by atoms with E-state index in [1.54, 1.807) is 55.6 Å². The van der Waals surface area contributed by atoms with Crippen LogP contribution in [0, 0.1) is 0 Å². The minimum absolute atomic E-state index is 0.0615. The molecular formula is C18H15NO4. The number of carbonyl (C=O) groups is 2. The van der Waals surface area contributed by atoms with Crippen LogP contribution in [0.25, 0.3) is 5.76 Å². The Morgan fingerprint density at radius 3 is 2.30 bits per heavy atom. The Bertz CT molecular complexity index is 778. The van der Waals surface area contributed by atoms with Crippen molar-refractivity contribution in [3.8, 4) is 5.75 Å². The molecule has 0 radical (unpaired) electrons. The van der Waals surface area contributed by atoms with Crippen molar-refractivity contribution in [1.82, 2.24) is 5.32 Å². The molecule has 0 spiro atoms. The molecule has 3 rings (SSSR count). The van der Waals surface area contributed by atoms with E-state index >= 15 is 0 Å². The monoisotopic (exact) mass is 309 g/mol. The maximum Gasteiger partial charge on any atom is 0.293 e. The number of carbonyl (C=O) groups excluding carboxylic acids is 2. The zero-order valence-electron chi connectivity index (χ0n) is 12.4. The predicted octanol–water partition coefficient (Wildman–Crippen LogP) is 2.40. The fourth-order valence-corrected chi connectivity index (χ4v) is 2.56. The number of nitrogens with one attached hydrogen (secondary N) is 1. The number of amides is 1. The van der Waals surface area contributed by atoms with Crippen molar-refractivity contribution in [1.29, 1.82) is 0 Å². The summed E-state index contributed by atoms with van der Waals surface area (Å²) in [7, 11) is 1.56. The fraction of sp³-hybridized carbons (Fsp3) is 0.111. The number of benzene rings is 2. The number of hydrogen-bond donors (Lipinski definition) is 2. The summed E-state index contributed by atoms with van der Waals surface area (Å²) in [6.07, 6.45) is 0. The summed E-state index contributed by atoms with van der Waals surface area (Å²) in [5.41, 5.74) is 1.25. The molecule has 0 unspecified atom stereocenters. The third-order valence-electron chi connectivity index (χ3n) is 3.77. The molecule has 0 bridgehead atoms. The lowest BCUT2D eigenvalue weighted by Crippen LogP contribution is -2.21. The lowest BCUT2D eigenvalue weighted by atomic mass is 9.96. The van der Waals surface area contributed by atoms with Gasteiger partial charge in [0, 0.05) is 5.56 Å². The van der Waals surface area contributed by atoms with Crippen molar-refractivity contribution in [3.05, 3.63) is 71.3 Å². The second-order valence-electron chi connectivity index (χ2n) is 5.14. The topological polar surface area (TPSA) is 75.6 Å². The smallest absolute Gasteiger partial charge is 0.293 e. The summed E-state index contributed by atoms with van der Waals surface area (Å²) in [6, 6.07) is 15.0. The highest BCUT2D eigenvalue weighted by Gasteiger charge is 2.39. The summed E-state index contributed by atoms with van der Waals surface area (Å²) in [6.45, 7) is 0. The third kappa shape index (κ3) is 2.68. The van der Waals surface area contributed by atoms with E-state index in [2.05, 4.69) is 5.32 Å². The number of Topliss-reactive ketones (excluding diaryl/α,β-unsaturated/α-hetero) is 1. The standard InChI is InChI=1S/C18H15NO4/c1-23-13-9-7-11(8-10-13)15-14(17(21)18(22)19-15)16(20)12-5-3-2-4-6-12/h2-10,15,20H,1H3,(H,19,22)/t15-/m0/s1. The van der Waals surface area contributed by atoms with E-state index in [9.17, 15) is 14.7 Å². The maximum atomic E-state index is 12.2. The number of aliphatic hydroxyl groups is 1. The molecule has 1 aliphatic rings. The van der Waals surface area contributed by atoms with Crippen LogP contribution in [0.4, 0.5) is 0 Å². The molecule has 1 atom stereocenters. The molecule has 1 amide bonds. The highest BCUT2D eigenvalue weighted by molar-refractivity contribution is 6.46. The van der Waals surface area contributed by atoms with Crippen LogP contribution in [0.1, 0.15) is 17.2 Å². The van der Waals surface area contributed by atoms with Crippen LogP contribution in [0.15, 0.2) is 60.2 Å². The molecule has 0 aromatic heterocycles. The van der Waals surface area contributed by atoms with Gasteiger partial charge in [-0.1, -0.05) is 42.5 Å². The zero-order chi connectivity index (χ0) is 16.4. The average molecular weight is 309 g/mol. The van der Waals surface area contributed by atoms with E-state index in [0.717, 1.165) is 0 Å². The molecule has 1 heterocycles. The summed E-state index contributed by atoms with van der Waals surface area (Å²) < 4.78 is 5.10. The molecule has 5 nitrogen and oxygen atoms in total. The summed E-state index contributed by atoms with van der Waals surface area (Å²) in [5, 5.41) is 13.1. The number of rotatable bonds is 3. The van der Waals surface area contributed by atoms with Gasteiger partial charge in [0.2, 0.25) is 0 Å². The molecule has 0 saturated carbocycles. The van der Waals surface area contributed by atoms with Crippen molar-refractivity contribution in [2.24, 2.45) is 0 Å². The van der Waals surface area contributed by atoms with Crippen LogP contribution in [0.5, 0.6) is 5.75 Å². The van der Waals surface area contributed by atoms with E-state index in [4.69, 9.17) is 4.74 Å². The van der Waals surface area contributed by atoms with Crippen molar-refractivity contribution < 1.29 is 19.4 Å². The van der Waals surface area contributed by atoms with Crippen LogP contribution in [-0.4, -0.2) is 23.9 Å². The maximum absolute atomic E-state index is 12.2. The van der Waals surface area contributed by atoms with Crippen LogP contribution in [0.3, 0.4) is 0 Å². The predicted molar refractivity (Wildman–Crippen MR) is 84.9 cm³/mol. The second-order valence-corrected chi connectivity index (χ2v) is 5.14. The van der Waals surface area contributed by atoms with Crippen molar-refractivity contribution in [2.45, 2.75) is 6.04 Å². The normalized spacial score (nSPS) is 19.4. The zero-order valence-corrected chi connectivity index (χ0v) is 12.4. The number of ether oxygens (including phenoxy) is 1. The summed E-state index contributed by atoms with van der Waals surface area (Å²) >= 11 is 0. The van der Waals surface area contributed by atoms with Gasteiger partial charge in [0.25, 0.3) is 11.7 Å². The number of aliphatic hydroxyl groups excluding tert-OH is 1. The Morgan fingerprint density at radius 1 is 1.04 bits per heavy atom. The van der Waals surface area contributed by atoms with Crippen molar-refractivity contribution in [3.63, 3.8) is 0 Å². The quantitative estimate of drug-likeness (QED) is 0.518. The first kappa shape index (κ1) is 14.8. The Hall–Kier alpha value is -3.08. The molecule has 1 saturated heterocycles. The number of ketones is 1. The van der Waals surface area contributed by atoms with Gasteiger partial charge in [-0.3, -0.25) is 9.59 Å². The van der Waals surface area contributed by atoms with Gasteiger partial charge in [-0.2, -0.15) is 0 Å². The fourth-order valence-electron chi connectivity index (χ4n) is 2.56. The molecule has 2 aromatic carbocycles. The van der Waals surface area contributed by atoms with Crippen molar-refractivity contribution >= 4 is 17.4 Å². The highest BCUT2D eigenvalue weighted by Crippen LogP contribution is 2.33. The Balaban J connectivity index is 2.08. The third-order valence-corrected chi connectivity index (χ3v) is 3.77. The first-order valence-electron chi connectivity index (χ1n) is 7.09. The highest BCUT2D eigenvalue weighted by atomic mass is 16.5. The second kappa shape index (κ2) is 5.96. The van der Waals surface area contributed by atoms with Gasteiger partial charge in [-0.15, -0.1) is 0 Å². The van der Waals surface area contributed by atoms with Gasteiger partial charge >= 0.3 is 0 Å². The lowest BCUT2D eigenvalue weighted by molar-refractivity contribution is -0.133. The molecule has 5 heteroatoms. The van der Waals surface area contributed by atoms with E-state index < -0.39 is 17.7 Å². The minimum atomic E-state index is -0.719. The van der Waals surface area contributed by atoms with E-state index in [0.29, 0.717) is 16.9 Å². The average Bonchev–Trinajstić information content (AvgIpc) is 2.90. The van der Waals surface area contributed by atoms with Crippen LogP contribution in [0.2, 0.25) is 0 Å². The molecule has 2 aromatic rings. The Labute approximate surface area is 133 Å². The number of hydrogen-bond acceptors (Lipinski definition) is 4. The lowest BCUT2D eigenvalue weighted by Gasteiger charge is -2.14. The van der Waals surface area contributed by atoms with Crippen LogP contribution in [-0.2, 0) is 9.59 Å². The SMILES string of the molecule is COc1ccc([C@@H]2NC(=O)C(=O)C2=C(O)c2ccccc2)cc1. The van der Waals surface area contributed by atoms with Crippen LogP contribution >= 0.6 is 0 Å². The van der Waals surface area contributed by atoms with E-state index in [-0.39, 0.29) is 11.3 Å². The first-order chi connectivity index (χ1) is 11.1. The van der Waals surface area contributed by atoms with Gasteiger partial charge in [0.1, 0.15) is 11.5 Å². The van der Waals surface area contributed by atoms with Gasteiger partial charge in [0.15, 0.2) is 0 Å². The Kier molecular flexibility index (Phi) is 3.85. The van der Waals surface area contributed by atoms with Crippen LogP contribution < -0.4 is 10.1 Å². The molecular weight excluding hydrogens is 294 g/mol. The van der Waals surface area contributed by atoms with Gasteiger partial charge < -0.3 is 15.2 Å². The van der Waals surface area contributed by atoms with E-state index in [1.165, 1.54) is 0 Å². The van der Waals surface area contributed by atoms with Gasteiger partial charge in [-0.05, 0) is 17.7 Å². The summed E-state index contributed by atoms with van der Waals surface area (Å²) in [4.78, 5) is 24.0. The van der Waals surface area contributed by atoms with E-state index in [1.807, 2.05) is 6.07 Å². The molecule has 1 aliphatic heterocycles. The van der Waals surface area contributed by atoms with Crippen molar-refractivity contribution in [2.75, 3.05) is 7.11 Å². The molecule has 116 valence electrons. The number of methoxy groups -OCH3 is 1. The molecule has 2 N–H and O–H groups in total.